The minimum Gasteiger partial charge on any atom is -0.483 e. The number of amides is 6. The number of nitrogens with zero attached hydrogens (tertiary/aromatic N) is 6. The topological polar surface area (TPSA) is 177 Å². The Labute approximate surface area is 722 Å². The molecule has 0 fully saturated rings. The Kier molecular flexibility index (Phi) is 34.1. The number of carbonyl (C=O) groups is 6. The smallest absolute Gasteiger partial charge is 0.260 e. The Morgan fingerprint density at radius 2 is 0.292 bits per heavy atom. The van der Waals surface area contributed by atoms with E-state index in [-0.39, 0.29) is 114 Å². The van der Waals surface area contributed by atoms with Gasteiger partial charge in [0.25, 0.3) is 35.4 Å². The van der Waals surface area contributed by atoms with E-state index in [9.17, 15) is 28.8 Å². The molecule has 0 aliphatic heterocycles. The number of carbonyl (C=O) groups excluding carboxylic acids is 6. The summed E-state index contributed by atoms with van der Waals surface area (Å²) >= 11 is 0. The molecular formula is C102H150N6O12. The Morgan fingerprint density at radius 3 is 0.367 bits per heavy atom. The molecule has 0 unspecified atom stereocenters. The SMILES string of the molecule is CCN(CC)C(=O)COc1c2cc(C(C)(C)C)cc1Cc1cc(C(C)(C)C)cc(c1OCC(=O)N(CC)CC)Cc1cc(C(C)(C)C)cc(c1OCC(=O)N(CC)CC)Cc1cc(C(C)(C)C)cc(c1OCC(=O)N(CC)CC)Cc1cc(C(C)(C)C)cc(c1OCC(=O)N(CC)CC)Cc1cc(C(C)(C)C)cc(c1OCC(=O)N(CC)CC)C2. The number of fused-ring (bicyclic) bond motifs is 12. The van der Waals surface area contributed by atoms with Crippen molar-refractivity contribution in [2.45, 2.75) is 279 Å². The van der Waals surface area contributed by atoms with Gasteiger partial charge in [-0.25, -0.2) is 0 Å². The standard InChI is InChI=1S/C102H150N6O12/c1-31-103(32-2)85(109)61-115-91-67-43-69-51-80(98(16,17)18)53-71(92(69)116-62-86(110)104(33-3)34-4)45-73-55-82(100(22,23)24)57-75(94(73)118-64-88(112)106(37-7)38-8)47-77-59-84(102(28,29)30)60-78(96(77)120-66-90(114)108(41-11)42-12)48-76-58-83(101(25,26)27)56-74(95(76)119-65-89(113)107(39-9)40-10)46-72-54-81(99(19,20)21)52-70(44-68(91)50-79(49-67)97(13,14)15)93(72)117-63-87(111)105(35-5)36-6/h49-60H,31-48,61-66H2,1-30H3. The molecule has 0 spiro atoms. The van der Waals surface area contributed by atoms with Gasteiger partial charge in [-0.2, -0.15) is 0 Å². The van der Waals surface area contributed by atoms with Crippen LogP contribution in [0.3, 0.4) is 0 Å². The second kappa shape index (κ2) is 41.7. The maximum Gasteiger partial charge on any atom is 0.260 e. The molecule has 6 amide bonds. The molecule has 660 valence electrons. The van der Waals surface area contributed by atoms with Crippen LogP contribution in [-0.4, -0.2) is 183 Å². The average molecular weight is 1650 g/mol. The molecule has 0 saturated carbocycles. The third-order valence-corrected chi connectivity index (χ3v) is 23.7. The fraction of sp³-hybridized carbons (Fsp3) is 0.588. The van der Waals surface area contributed by atoms with E-state index in [0.29, 0.717) is 113 Å². The van der Waals surface area contributed by atoms with Gasteiger partial charge in [-0.3, -0.25) is 28.8 Å². The predicted octanol–water partition coefficient (Wildman–Crippen LogP) is 18.8. The van der Waals surface area contributed by atoms with Crippen LogP contribution in [-0.2, 0) is 99.8 Å². The summed E-state index contributed by atoms with van der Waals surface area (Å²) in [6.07, 6.45) is 1.25. The summed E-state index contributed by atoms with van der Waals surface area (Å²) in [6.45, 7) is 67.3. The Hall–Kier alpha value is -9.06. The maximum absolute atomic E-state index is 14.8. The average Bonchev–Trinajstić information content (AvgIpc) is 0.759. The van der Waals surface area contributed by atoms with Crippen LogP contribution < -0.4 is 28.4 Å². The minimum atomic E-state index is -0.467. The van der Waals surface area contributed by atoms with Gasteiger partial charge in [0.1, 0.15) is 34.5 Å². The predicted molar refractivity (Wildman–Crippen MR) is 488 cm³/mol. The summed E-state index contributed by atoms with van der Waals surface area (Å²) in [7, 11) is 0. The molecule has 6 aromatic rings. The molecule has 0 heterocycles. The van der Waals surface area contributed by atoms with Crippen molar-refractivity contribution in [2.75, 3.05) is 118 Å². The monoisotopic (exact) mass is 1650 g/mol. The van der Waals surface area contributed by atoms with Gasteiger partial charge in [0.15, 0.2) is 39.6 Å². The molecule has 0 atom stereocenters. The quantitative estimate of drug-likeness (QED) is 0.0417. The molecule has 120 heavy (non-hydrogen) atoms. The van der Waals surface area contributed by atoms with Crippen molar-refractivity contribution >= 4 is 35.4 Å². The summed E-state index contributed by atoms with van der Waals surface area (Å²) < 4.78 is 43.8. The van der Waals surface area contributed by atoms with Gasteiger partial charge >= 0.3 is 0 Å². The van der Waals surface area contributed by atoms with Gasteiger partial charge in [0.2, 0.25) is 0 Å². The van der Waals surface area contributed by atoms with Gasteiger partial charge in [-0.1, -0.05) is 197 Å². The highest BCUT2D eigenvalue weighted by Crippen LogP contribution is 2.47. The van der Waals surface area contributed by atoms with Gasteiger partial charge in [-0.05, 0) is 216 Å². The molecule has 6 aromatic carbocycles. The fourth-order valence-corrected chi connectivity index (χ4v) is 15.9. The number of hydrogen-bond donors (Lipinski definition) is 0. The highest BCUT2D eigenvalue weighted by molar-refractivity contribution is 5.81. The summed E-state index contributed by atoms with van der Waals surface area (Å²) in [6, 6.07) is 26.5. The number of benzene rings is 6. The second-order valence-corrected chi connectivity index (χ2v) is 38.4. The zero-order valence-corrected chi connectivity index (χ0v) is 79.5. The largest absolute Gasteiger partial charge is 0.483 e. The van der Waals surface area contributed by atoms with Crippen LogP contribution >= 0.6 is 0 Å². The van der Waals surface area contributed by atoms with Gasteiger partial charge in [0, 0.05) is 117 Å². The third-order valence-electron chi connectivity index (χ3n) is 23.7. The fourth-order valence-electron chi connectivity index (χ4n) is 15.9. The molecule has 18 heteroatoms. The summed E-state index contributed by atoms with van der Waals surface area (Å²) in [5.41, 5.74) is 12.5. The van der Waals surface area contributed by atoms with E-state index in [1.807, 2.05) is 83.1 Å². The maximum atomic E-state index is 14.8. The van der Waals surface area contributed by atoms with Crippen LogP contribution in [0.1, 0.15) is 308 Å². The van der Waals surface area contributed by atoms with Crippen molar-refractivity contribution in [1.82, 2.24) is 29.4 Å². The van der Waals surface area contributed by atoms with Crippen LogP contribution in [0.25, 0.3) is 0 Å². The Morgan fingerprint density at radius 1 is 0.200 bits per heavy atom. The normalized spacial score (nSPS) is 12.8. The first-order chi connectivity index (χ1) is 56.2. The van der Waals surface area contributed by atoms with Crippen LogP contribution in [0.15, 0.2) is 72.8 Å². The Bertz CT molecular complexity index is 3660. The molecule has 0 saturated heterocycles. The van der Waals surface area contributed by atoms with Gasteiger partial charge < -0.3 is 57.8 Å². The lowest BCUT2D eigenvalue weighted by molar-refractivity contribution is -0.133. The van der Waals surface area contributed by atoms with E-state index in [1.165, 1.54) is 0 Å². The molecule has 18 nitrogen and oxygen atoms in total. The number of ether oxygens (including phenoxy) is 6. The molecule has 1 aliphatic carbocycles. The third kappa shape index (κ3) is 25.1. The lowest BCUT2D eigenvalue weighted by atomic mass is 9.79. The summed E-state index contributed by atoms with van der Waals surface area (Å²) in [5, 5.41) is 0. The van der Waals surface area contributed by atoms with Crippen molar-refractivity contribution in [3.8, 4) is 34.5 Å². The zero-order valence-electron chi connectivity index (χ0n) is 79.5. The van der Waals surface area contributed by atoms with Crippen molar-refractivity contribution in [3.63, 3.8) is 0 Å². The molecule has 0 radical (unpaired) electrons. The van der Waals surface area contributed by atoms with E-state index in [4.69, 9.17) is 28.4 Å². The first kappa shape index (κ1) is 98.1. The van der Waals surface area contributed by atoms with Gasteiger partial charge in [0.05, 0.1) is 0 Å². The van der Waals surface area contributed by atoms with Crippen molar-refractivity contribution in [2.24, 2.45) is 0 Å². The van der Waals surface area contributed by atoms with Crippen LogP contribution in [0.2, 0.25) is 0 Å². The molecule has 12 bridgehead atoms. The van der Waals surface area contributed by atoms with Crippen LogP contribution in [0, 0.1) is 0 Å². The van der Waals surface area contributed by atoms with Crippen molar-refractivity contribution < 1.29 is 57.2 Å². The minimum absolute atomic E-state index is 0.179. The molecule has 1 aliphatic rings. The molecular weight excluding hydrogens is 1500 g/mol. The van der Waals surface area contributed by atoms with E-state index in [2.05, 4.69) is 197 Å². The highest BCUT2D eigenvalue weighted by atomic mass is 16.5. The second-order valence-electron chi connectivity index (χ2n) is 38.4. The first-order valence-electron chi connectivity index (χ1n) is 44.6. The van der Waals surface area contributed by atoms with Crippen molar-refractivity contribution in [3.05, 3.63) is 173 Å². The molecule has 0 N–H and O–H groups in total. The number of likely N-dealkylation sites (N-methyl/N-ethyl adjacent to an activating group) is 6. The van der Waals surface area contributed by atoms with Gasteiger partial charge in [-0.15, -0.1) is 0 Å². The highest BCUT2D eigenvalue weighted by Gasteiger charge is 2.34. The first-order valence-corrected chi connectivity index (χ1v) is 44.6. The zero-order chi connectivity index (χ0) is 89.5. The van der Waals surface area contributed by atoms with E-state index in [1.54, 1.807) is 29.4 Å². The van der Waals surface area contributed by atoms with Crippen molar-refractivity contribution in [1.29, 1.82) is 0 Å². The van der Waals surface area contributed by atoms with Crippen LogP contribution in [0.5, 0.6) is 34.5 Å². The lowest BCUT2D eigenvalue weighted by Crippen LogP contribution is -2.35. The van der Waals surface area contributed by atoms with E-state index in [0.717, 1.165) is 100 Å². The van der Waals surface area contributed by atoms with Crippen LogP contribution in [0.4, 0.5) is 0 Å². The number of hydrogen-bond acceptors (Lipinski definition) is 12. The number of rotatable bonds is 30. The summed E-state index contributed by atoms with van der Waals surface area (Å²) in [5.74, 6) is 1.95. The summed E-state index contributed by atoms with van der Waals surface area (Å²) in [4.78, 5) is 99.3. The molecule has 7 rings (SSSR count). The van der Waals surface area contributed by atoms with E-state index >= 15 is 0 Å². The Balaban J connectivity index is 1.86. The molecule has 0 aromatic heterocycles. The lowest BCUT2D eigenvalue weighted by Gasteiger charge is -2.30. The van der Waals surface area contributed by atoms with E-state index < -0.39 is 32.5 Å².